The van der Waals surface area contributed by atoms with Gasteiger partial charge in [-0.2, -0.15) is 0 Å². The van der Waals surface area contributed by atoms with Crippen molar-refractivity contribution in [1.82, 2.24) is 0 Å². The Balaban J connectivity index is 2.14. The molecule has 0 saturated heterocycles. The first-order valence-corrected chi connectivity index (χ1v) is 7.61. The van der Waals surface area contributed by atoms with Crippen LogP contribution in [0.3, 0.4) is 0 Å². The molecule has 1 N–H and O–H groups in total. The lowest BCUT2D eigenvalue weighted by Gasteiger charge is -2.12. The predicted octanol–water partition coefficient (Wildman–Crippen LogP) is 5.93. The summed E-state index contributed by atoms with van der Waals surface area (Å²) in [6.07, 6.45) is 0.982. The molecule has 0 saturated carbocycles. The van der Waals surface area contributed by atoms with Gasteiger partial charge in [0.2, 0.25) is 0 Å². The third-order valence-corrected chi connectivity index (χ3v) is 4.01. The van der Waals surface area contributed by atoms with E-state index in [2.05, 4.69) is 40.3 Å². The second-order valence-corrected chi connectivity index (χ2v) is 6.00. The van der Waals surface area contributed by atoms with Crippen LogP contribution in [0.4, 0.5) is 5.69 Å². The largest absolute Gasteiger partial charge is 0.381 e. The van der Waals surface area contributed by atoms with Crippen LogP contribution >= 0.6 is 39.1 Å². The van der Waals surface area contributed by atoms with Crippen LogP contribution in [0.15, 0.2) is 40.9 Å². The molecular formula is C15H14BrCl2N. The number of halogens is 3. The Labute approximate surface area is 132 Å². The summed E-state index contributed by atoms with van der Waals surface area (Å²) in [6.45, 7) is 2.83. The van der Waals surface area contributed by atoms with Crippen molar-refractivity contribution in [3.63, 3.8) is 0 Å². The van der Waals surface area contributed by atoms with Crippen molar-refractivity contribution in [3.05, 3.63) is 62.0 Å². The summed E-state index contributed by atoms with van der Waals surface area (Å²) in [5.74, 6) is 0. The highest BCUT2D eigenvalue weighted by molar-refractivity contribution is 9.10. The van der Waals surface area contributed by atoms with Crippen LogP contribution < -0.4 is 5.32 Å². The highest BCUT2D eigenvalue weighted by atomic mass is 79.9. The normalized spacial score (nSPS) is 10.5. The van der Waals surface area contributed by atoms with E-state index >= 15 is 0 Å². The molecule has 0 atom stereocenters. The predicted molar refractivity (Wildman–Crippen MR) is 87.3 cm³/mol. The number of rotatable bonds is 4. The van der Waals surface area contributed by atoms with E-state index in [0.29, 0.717) is 16.6 Å². The summed E-state index contributed by atoms with van der Waals surface area (Å²) in [7, 11) is 0. The third-order valence-electron chi connectivity index (χ3n) is 2.93. The molecule has 0 aliphatic rings. The maximum absolute atomic E-state index is 6.16. The van der Waals surface area contributed by atoms with Crippen molar-refractivity contribution < 1.29 is 0 Å². The molecule has 0 heterocycles. The molecule has 0 spiro atoms. The van der Waals surface area contributed by atoms with E-state index in [9.17, 15) is 0 Å². The molecule has 0 fully saturated rings. The van der Waals surface area contributed by atoms with Crippen LogP contribution in [0.5, 0.6) is 0 Å². The molecule has 0 aliphatic heterocycles. The highest BCUT2D eigenvalue weighted by Gasteiger charge is 2.04. The second kappa shape index (κ2) is 6.65. The van der Waals surface area contributed by atoms with Crippen LogP contribution in [0.25, 0.3) is 0 Å². The number of hydrogen-bond donors (Lipinski definition) is 1. The van der Waals surface area contributed by atoms with E-state index < -0.39 is 0 Å². The van der Waals surface area contributed by atoms with Crippen molar-refractivity contribution >= 4 is 44.8 Å². The minimum absolute atomic E-state index is 0.659. The van der Waals surface area contributed by atoms with Crippen LogP contribution in [-0.4, -0.2) is 0 Å². The molecule has 0 aromatic heterocycles. The Bertz CT molecular complexity index is 584. The fourth-order valence-corrected chi connectivity index (χ4v) is 2.77. The number of nitrogens with one attached hydrogen (secondary N) is 1. The molecule has 0 unspecified atom stereocenters. The first-order chi connectivity index (χ1) is 9.10. The number of benzene rings is 2. The van der Waals surface area contributed by atoms with Gasteiger partial charge in [-0.25, -0.2) is 0 Å². The van der Waals surface area contributed by atoms with E-state index in [-0.39, 0.29) is 0 Å². The zero-order valence-electron chi connectivity index (χ0n) is 10.5. The Hall–Kier alpha value is -0.700. The molecule has 4 heteroatoms. The van der Waals surface area contributed by atoms with Gasteiger partial charge in [0.15, 0.2) is 0 Å². The van der Waals surface area contributed by atoms with Crippen molar-refractivity contribution in [2.75, 3.05) is 5.32 Å². The first kappa shape index (κ1) is 14.7. The van der Waals surface area contributed by atoms with Gasteiger partial charge >= 0.3 is 0 Å². The molecule has 2 aromatic rings. The molecular weight excluding hydrogens is 345 g/mol. The average Bonchev–Trinajstić information content (AvgIpc) is 2.39. The van der Waals surface area contributed by atoms with Gasteiger partial charge in [-0.1, -0.05) is 52.1 Å². The lowest BCUT2D eigenvalue weighted by Crippen LogP contribution is -2.02. The Morgan fingerprint density at radius 3 is 2.53 bits per heavy atom. The first-order valence-electron chi connectivity index (χ1n) is 6.06. The smallest absolute Gasteiger partial charge is 0.0470 e. The summed E-state index contributed by atoms with van der Waals surface area (Å²) in [5.41, 5.74) is 3.45. The Morgan fingerprint density at radius 2 is 1.84 bits per heavy atom. The zero-order valence-corrected chi connectivity index (χ0v) is 13.6. The quantitative estimate of drug-likeness (QED) is 0.714. The maximum atomic E-state index is 6.16. The second-order valence-electron chi connectivity index (χ2n) is 4.24. The van der Waals surface area contributed by atoms with Gasteiger partial charge in [-0.3, -0.25) is 0 Å². The molecule has 0 amide bonds. The zero-order chi connectivity index (χ0) is 13.8. The Morgan fingerprint density at radius 1 is 1.05 bits per heavy atom. The van der Waals surface area contributed by atoms with Crippen LogP contribution in [0, 0.1) is 0 Å². The van der Waals surface area contributed by atoms with Crippen LogP contribution in [-0.2, 0) is 13.0 Å². The van der Waals surface area contributed by atoms with Crippen molar-refractivity contribution in [3.8, 4) is 0 Å². The number of aryl methyl sites for hydroxylation is 1. The van der Waals surface area contributed by atoms with Crippen molar-refractivity contribution in [1.29, 1.82) is 0 Å². The van der Waals surface area contributed by atoms with Crippen molar-refractivity contribution in [2.45, 2.75) is 19.9 Å². The van der Waals surface area contributed by atoms with Crippen LogP contribution in [0.1, 0.15) is 18.1 Å². The van der Waals surface area contributed by atoms with Gasteiger partial charge in [0.05, 0.1) is 0 Å². The van der Waals surface area contributed by atoms with E-state index in [4.69, 9.17) is 23.2 Å². The van der Waals surface area contributed by atoms with Gasteiger partial charge < -0.3 is 5.32 Å². The minimum atomic E-state index is 0.659. The molecule has 0 radical (unpaired) electrons. The lowest BCUT2D eigenvalue weighted by molar-refractivity contribution is 1.09. The summed E-state index contributed by atoms with van der Waals surface area (Å²) in [4.78, 5) is 0. The monoisotopic (exact) mass is 357 g/mol. The molecule has 0 aliphatic carbocycles. The third kappa shape index (κ3) is 3.88. The fraction of sp³-hybridized carbons (Fsp3) is 0.200. The van der Waals surface area contributed by atoms with Gasteiger partial charge in [-0.15, -0.1) is 0 Å². The van der Waals surface area contributed by atoms with Gasteiger partial charge in [-0.05, 0) is 47.9 Å². The molecule has 100 valence electrons. The van der Waals surface area contributed by atoms with E-state index in [1.54, 1.807) is 6.07 Å². The highest BCUT2D eigenvalue weighted by Crippen LogP contribution is 2.25. The molecule has 19 heavy (non-hydrogen) atoms. The maximum Gasteiger partial charge on any atom is 0.0470 e. The summed E-state index contributed by atoms with van der Waals surface area (Å²) < 4.78 is 1.10. The summed E-state index contributed by atoms with van der Waals surface area (Å²) >= 11 is 15.5. The topological polar surface area (TPSA) is 12.0 Å². The van der Waals surface area contributed by atoms with E-state index in [1.165, 1.54) is 5.56 Å². The standard InChI is InChI=1S/C15H14BrCl2N/c1-2-10-7-12(16)4-6-15(10)19-9-11-3-5-13(17)8-14(11)18/h3-8,19H,2,9H2,1H3. The SMILES string of the molecule is CCc1cc(Br)ccc1NCc1ccc(Cl)cc1Cl. The van der Waals surface area contributed by atoms with E-state index in [1.807, 2.05) is 18.2 Å². The number of hydrogen-bond acceptors (Lipinski definition) is 1. The van der Waals surface area contributed by atoms with Crippen molar-refractivity contribution in [2.24, 2.45) is 0 Å². The van der Waals surface area contributed by atoms with Gasteiger partial charge in [0.25, 0.3) is 0 Å². The number of anilines is 1. The average molecular weight is 359 g/mol. The lowest BCUT2D eigenvalue weighted by atomic mass is 10.1. The van der Waals surface area contributed by atoms with Gasteiger partial charge in [0.1, 0.15) is 0 Å². The Kier molecular flexibility index (Phi) is 5.14. The molecule has 2 rings (SSSR count). The van der Waals surface area contributed by atoms with Gasteiger partial charge in [0, 0.05) is 26.8 Å². The minimum Gasteiger partial charge on any atom is -0.381 e. The molecule has 2 aromatic carbocycles. The van der Waals surface area contributed by atoms with E-state index in [0.717, 1.165) is 22.1 Å². The molecule has 1 nitrogen and oxygen atoms in total. The molecule has 0 bridgehead atoms. The fourth-order valence-electron chi connectivity index (χ4n) is 1.88. The summed E-state index contributed by atoms with van der Waals surface area (Å²) in [5, 5.41) is 4.77. The van der Waals surface area contributed by atoms with Crippen LogP contribution in [0.2, 0.25) is 10.0 Å². The summed E-state index contributed by atoms with van der Waals surface area (Å²) in [6, 6.07) is 11.8.